The van der Waals surface area contributed by atoms with Gasteiger partial charge in [0.2, 0.25) is 15.9 Å². The highest BCUT2D eigenvalue weighted by Gasteiger charge is 2.38. The first-order chi connectivity index (χ1) is 19.2. The van der Waals surface area contributed by atoms with Crippen LogP contribution in [0.1, 0.15) is 49.7 Å². The van der Waals surface area contributed by atoms with Gasteiger partial charge < -0.3 is 21.1 Å². The second-order valence-electron chi connectivity index (χ2n) is 10.8. The predicted octanol–water partition coefficient (Wildman–Crippen LogP) is 3.87. The Kier molecular flexibility index (Phi) is 11.0. The molecule has 2 bridgehead atoms. The molecular weight excluding hydrogens is 555 g/mol. The smallest absolute Gasteiger partial charge is 0.241 e. The number of nitrogens with two attached hydrogens (primary N) is 1. The van der Waals surface area contributed by atoms with E-state index in [1.807, 2.05) is 24.3 Å². The number of ether oxygens (including phenoxy) is 1. The van der Waals surface area contributed by atoms with Crippen molar-refractivity contribution in [3.8, 4) is 0 Å². The minimum Gasteiger partial charge on any atom is -0.381 e. The van der Waals surface area contributed by atoms with Crippen LogP contribution in [0.15, 0.2) is 42.5 Å². The summed E-state index contributed by atoms with van der Waals surface area (Å²) in [5.74, 6) is -0.684. The first-order valence-corrected chi connectivity index (χ1v) is 16.0. The molecule has 0 saturated carbocycles. The molecule has 0 spiro atoms. The molecule has 0 radical (unpaired) electrons. The van der Waals surface area contributed by atoms with Gasteiger partial charge in [0.25, 0.3) is 0 Å². The van der Waals surface area contributed by atoms with Crippen molar-refractivity contribution in [1.29, 1.82) is 0 Å². The van der Waals surface area contributed by atoms with Gasteiger partial charge in [0.1, 0.15) is 5.82 Å². The van der Waals surface area contributed by atoms with Crippen LogP contribution in [0.25, 0.3) is 0 Å². The van der Waals surface area contributed by atoms with E-state index < -0.39 is 27.8 Å². The van der Waals surface area contributed by atoms with E-state index in [1.165, 1.54) is 6.07 Å². The Morgan fingerprint density at radius 1 is 1.20 bits per heavy atom. The SMILES string of the molecule is CO[C@@H](CCc1ccc(Cl)cc1)CC[C@H](N)C(=O)Nc1cccc(F)c1CC[C@H]1CN[C@@H]2CCCS(=O)(=O)N1C2. The minimum atomic E-state index is -3.34. The molecule has 8 nitrogen and oxygen atoms in total. The van der Waals surface area contributed by atoms with E-state index in [9.17, 15) is 17.6 Å². The summed E-state index contributed by atoms with van der Waals surface area (Å²) in [5, 5.41) is 6.94. The standard InChI is InChI=1S/C29H40ClFN4O4S/c1-39-24(13-9-20-7-10-21(30)11-8-20)14-16-27(32)29(36)34-28-6-2-5-26(31)25(28)15-12-23-18-33-22-4-3-17-40(37,38)35(23)19-22/h2,5-8,10-11,22-24,27,33H,3-4,9,12-19,32H2,1H3,(H,34,36)/t22-,23+,24+,27+/m1/s1. The number of nitrogens with one attached hydrogen (secondary N) is 2. The van der Waals surface area contributed by atoms with Crippen molar-refractivity contribution >= 4 is 33.2 Å². The molecule has 0 aromatic heterocycles. The highest BCUT2D eigenvalue weighted by atomic mass is 35.5. The number of hydrogen-bond donors (Lipinski definition) is 3. The maximum absolute atomic E-state index is 14.9. The normalized spacial score (nSPS) is 23.6. The average molecular weight is 595 g/mol. The second kappa shape index (κ2) is 14.2. The summed E-state index contributed by atoms with van der Waals surface area (Å²) in [6.07, 6.45) is 4.77. The van der Waals surface area contributed by atoms with E-state index in [4.69, 9.17) is 22.1 Å². The van der Waals surface area contributed by atoms with Gasteiger partial charge >= 0.3 is 0 Å². The van der Waals surface area contributed by atoms with Crippen LogP contribution in [0.4, 0.5) is 10.1 Å². The van der Waals surface area contributed by atoms with Crippen LogP contribution < -0.4 is 16.4 Å². The predicted molar refractivity (Wildman–Crippen MR) is 156 cm³/mol. The molecule has 2 aromatic rings. The Balaban J connectivity index is 1.31. The molecule has 0 aliphatic carbocycles. The number of methoxy groups -OCH3 is 1. The van der Waals surface area contributed by atoms with Crippen LogP contribution in [0.2, 0.25) is 5.02 Å². The lowest BCUT2D eigenvalue weighted by atomic mass is 9.99. The zero-order valence-corrected chi connectivity index (χ0v) is 24.5. The van der Waals surface area contributed by atoms with Gasteiger partial charge in [0.15, 0.2) is 0 Å². The molecule has 2 aliphatic heterocycles. The lowest BCUT2D eigenvalue weighted by molar-refractivity contribution is -0.117. The quantitative estimate of drug-likeness (QED) is 0.344. The Morgan fingerprint density at radius 2 is 1.98 bits per heavy atom. The lowest BCUT2D eigenvalue weighted by Crippen LogP contribution is -2.57. The van der Waals surface area contributed by atoms with Crippen molar-refractivity contribution in [1.82, 2.24) is 9.62 Å². The fraction of sp³-hybridized carbons (Fsp3) is 0.552. The molecule has 2 aromatic carbocycles. The first kappa shape index (κ1) is 30.9. The Labute approximate surface area is 241 Å². The average Bonchev–Trinajstić information content (AvgIpc) is 3.05. The molecule has 1 amide bonds. The Morgan fingerprint density at radius 3 is 2.73 bits per heavy atom. The molecule has 4 N–H and O–H groups in total. The van der Waals surface area contributed by atoms with Crippen LogP contribution in [0, 0.1) is 5.82 Å². The first-order valence-electron chi connectivity index (χ1n) is 14.0. The fourth-order valence-electron chi connectivity index (χ4n) is 5.57. The summed E-state index contributed by atoms with van der Waals surface area (Å²) in [5.41, 5.74) is 8.09. The summed E-state index contributed by atoms with van der Waals surface area (Å²) in [6.45, 7) is 0.981. The van der Waals surface area contributed by atoms with Crippen molar-refractivity contribution < 1.29 is 22.3 Å². The molecular formula is C29H40ClFN4O4S. The van der Waals surface area contributed by atoms with E-state index in [1.54, 1.807) is 23.5 Å². The second-order valence-corrected chi connectivity index (χ2v) is 13.3. The topological polar surface area (TPSA) is 114 Å². The number of carbonyl (C=O) groups is 1. The van der Waals surface area contributed by atoms with E-state index in [-0.39, 0.29) is 30.4 Å². The molecule has 1 unspecified atom stereocenters. The van der Waals surface area contributed by atoms with Gasteiger partial charge in [-0.15, -0.1) is 0 Å². The number of carbonyl (C=O) groups excluding carboxylic acids is 1. The number of amides is 1. The zero-order valence-electron chi connectivity index (χ0n) is 23.0. The number of piperazine rings is 1. The third-order valence-electron chi connectivity index (χ3n) is 8.00. The Hall–Kier alpha value is -2.08. The number of rotatable bonds is 12. The van der Waals surface area contributed by atoms with Gasteiger partial charge in [-0.1, -0.05) is 29.8 Å². The van der Waals surface area contributed by atoms with E-state index in [2.05, 4.69) is 10.6 Å². The molecule has 2 saturated heterocycles. The van der Waals surface area contributed by atoms with Gasteiger partial charge in [-0.25, -0.2) is 12.8 Å². The van der Waals surface area contributed by atoms with Crippen molar-refractivity contribution in [2.75, 3.05) is 31.3 Å². The van der Waals surface area contributed by atoms with Gasteiger partial charge in [-0.2, -0.15) is 4.31 Å². The number of sulfonamides is 1. The largest absolute Gasteiger partial charge is 0.381 e. The number of nitrogens with zero attached hydrogens (tertiary/aromatic N) is 1. The van der Waals surface area contributed by atoms with Gasteiger partial charge in [0, 0.05) is 48.6 Å². The van der Waals surface area contributed by atoms with Crippen LogP contribution in [-0.4, -0.2) is 68.8 Å². The third-order valence-corrected chi connectivity index (χ3v) is 10.2. The van der Waals surface area contributed by atoms with Gasteiger partial charge in [-0.05, 0) is 81.2 Å². The highest BCUT2D eigenvalue weighted by Crippen LogP contribution is 2.27. The lowest BCUT2D eigenvalue weighted by Gasteiger charge is -2.37. The maximum Gasteiger partial charge on any atom is 0.241 e. The van der Waals surface area contributed by atoms with E-state index >= 15 is 0 Å². The monoisotopic (exact) mass is 594 g/mol. The van der Waals surface area contributed by atoms with Crippen molar-refractivity contribution in [3.63, 3.8) is 0 Å². The molecule has 2 heterocycles. The van der Waals surface area contributed by atoms with Crippen molar-refractivity contribution in [2.45, 2.75) is 75.6 Å². The highest BCUT2D eigenvalue weighted by molar-refractivity contribution is 7.89. The van der Waals surface area contributed by atoms with Gasteiger partial charge in [0.05, 0.1) is 17.9 Å². The summed E-state index contributed by atoms with van der Waals surface area (Å²) >= 11 is 5.96. The molecule has 5 atom stereocenters. The summed E-state index contributed by atoms with van der Waals surface area (Å²) in [4.78, 5) is 13.0. The fourth-order valence-corrected chi connectivity index (χ4v) is 7.50. The number of benzene rings is 2. The summed E-state index contributed by atoms with van der Waals surface area (Å²) < 4.78 is 47.7. The number of aryl methyl sites for hydroxylation is 1. The minimum absolute atomic E-state index is 0.0572. The molecule has 2 fully saturated rings. The zero-order chi connectivity index (χ0) is 28.7. The van der Waals surface area contributed by atoms with Gasteiger partial charge in [-0.3, -0.25) is 4.79 Å². The van der Waals surface area contributed by atoms with Crippen molar-refractivity contribution in [2.24, 2.45) is 5.73 Å². The number of anilines is 1. The van der Waals surface area contributed by atoms with Crippen molar-refractivity contribution in [3.05, 3.63) is 64.4 Å². The van der Waals surface area contributed by atoms with E-state index in [0.717, 1.165) is 24.8 Å². The molecule has 220 valence electrons. The summed E-state index contributed by atoms with van der Waals surface area (Å²) in [7, 11) is -1.69. The van der Waals surface area contributed by atoms with Crippen LogP contribution in [0.3, 0.4) is 0 Å². The number of halogens is 2. The van der Waals surface area contributed by atoms with Crippen LogP contribution in [-0.2, 0) is 32.4 Å². The third kappa shape index (κ3) is 8.24. The number of hydrogen-bond acceptors (Lipinski definition) is 6. The maximum atomic E-state index is 14.9. The summed E-state index contributed by atoms with van der Waals surface area (Å²) in [6, 6.07) is 11.4. The van der Waals surface area contributed by atoms with Crippen LogP contribution >= 0.6 is 11.6 Å². The number of fused-ring (bicyclic) bond motifs is 2. The molecule has 40 heavy (non-hydrogen) atoms. The van der Waals surface area contributed by atoms with Crippen LogP contribution in [0.5, 0.6) is 0 Å². The Bertz CT molecular complexity index is 1250. The molecule has 4 rings (SSSR count). The molecule has 2 aliphatic rings. The van der Waals surface area contributed by atoms with E-state index in [0.29, 0.717) is 55.0 Å². The molecule has 11 heteroatoms.